The maximum atomic E-state index is 12.4. The molecule has 0 radical (unpaired) electrons. The standard InChI is InChI=1S/C15H16BrF2NOS/c1-9(19-10(2)13-7-8-14(16)21-13)11-5-3-4-6-12(11)20-15(17)18/h3-10,15,19H,1-2H3. The van der Waals surface area contributed by atoms with Gasteiger partial charge in [0.2, 0.25) is 0 Å². The Bertz CT molecular complexity index is 591. The first-order chi connectivity index (χ1) is 9.97. The molecule has 0 aliphatic heterocycles. The first-order valence-corrected chi connectivity index (χ1v) is 8.13. The topological polar surface area (TPSA) is 21.3 Å². The number of halogens is 3. The van der Waals surface area contributed by atoms with E-state index in [9.17, 15) is 8.78 Å². The molecule has 0 spiro atoms. The number of alkyl halides is 2. The minimum Gasteiger partial charge on any atom is -0.434 e. The molecule has 21 heavy (non-hydrogen) atoms. The molecule has 2 unspecified atom stereocenters. The van der Waals surface area contributed by atoms with Gasteiger partial charge in [-0.3, -0.25) is 0 Å². The predicted molar refractivity (Wildman–Crippen MR) is 85.1 cm³/mol. The van der Waals surface area contributed by atoms with Gasteiger partial charge in [0, 0.05) is 22.5 Å². The zero-order valence-electron chi connectivity index (χ0n) is 11.6. The highest BCUT2D eigenvalue weighted by molar-refractivity contribution is 9.11. The van der Waals surface area contributed by atoms with Gasteiger partial charge >= 0.3 is 6.61 Å². The normalized spacial score (nSPS) is 14.2. The summed E-state index contributed by atoms with van der Waals surface area (Å²) in [4.78, 5) is 1.18. The fraction of sp³-hybridized carbons (Fsp3) is 0.333. The molecule has 1 N–H and O–H groups in total. The van der Waals surface area contributed by atoms with E-state index in [-0.39, 0.29) is 17.8 Å². The van der Waals surface area contributed by atoms with E-state index in [2.05, 4.69) is 26.0 Å². The number of ether oxygens (including phenoxy) is 1. The fourth-order valence-electron chi connectivity index (χ4n) is 2.15. The van der Waals surface area contributed by atoms with Crippen LogP contribution in [0.25, 0.3) is 0 Å². The van der Waals surface area contributed by atoms with Crippen LogP contribution in [0, 0.1) is 0 Å². The van der Waals surface area contributed by atoms with Gasteiger partial charge in [-0.2, -0.15) is 8.78 Å². The summed E-state index contributed by atoms with van der Waals surface area (Å²) < 4.78 is 30.5. The number of benzene rings is 1. The molecule has 1 heterocycles. The van der Waals surface area contributed by atoms with E-state index < -0.39 is 6.61 Å². The molecule has 2 atom stereocenters. The summed E-state index contributed by atoms with van der Waals surface area (Å²) >= 11 is 5.09. The Labute approximate surface area is 135 Å². The lowest BCUT2D eigenvalue weighted by molar-refractivity contribution is -0.0506. The second-order valence-corrected chi connectivity index (χ2v) is 7.16. The second-order valence-electron chi connectivity index (χ2n) is 4.67. The van der Waals surface area contributed by atoms with E-state index in [1.54, 1.807) is 29.5 Å². The molecule has 1 aromatic heterocycles. The minimum atomic E-state index is -2.82. The highest BCUT2D eigenvalue weighted by Gasteiger charge is 2.17. The summed E-state index contributed by atoms with van der Waals surface area (Å²) in [7, 11) is 0. The number of para-hydroxylation sites is 1. The maximum Gasteiger partial charge on any atom is 0.387 e. The summed E-state index contributed by atoms with van der Waals surface area (Å²) in [6.07, 6.45) is 0. The molecule has 2 nitrogen and oxygen atoms in total. The highest BCUT2D eigenvalue weighted by Crippen LogP contribution is 2.31. The van der Waals surface area contributed by atoms with Crippen molar-refractivity contribution in [1.82, 2.24) is 5.32 Å². The molecule has 6 heteroatoms. The van der Waals surface area contributed by atoms with Crippen molar-refractivity contribution in [2.75, 3.05) is 0 Å². The number of hydrogen-bond acceptors (Lipinski definition) is 3. The molecule has 2 rings (SSSR count). The molecular weight excluding hydrogens is 360 g/mol. The lowest BCUT2D eigenvalue weighted by atomic mass is 10.1. The van der Waals surface area contributed by atoms with Crippen LogP contribution in [0.1, 0.15) is 36.4 Å². The molecule has 114 valence electrons. The van der Waals surface area contributed by atoms with Crippen LogP contribution in [-0.2, 0) is 0 Å². The number of rotatable bonds is 6. The van der Waals surface area contributed by atoms with Gasteiger partial charge in [-0.1, -0.05) is 18.2 Å². The number of thiophene rings is 1. The molecule has 2 aromatic rings. The van der Waals surface area contributed by atoms with Gasteiger partial charge in [0.15, 0.2) is 0 Å². The summed E-state index contributed by atoms with van der Waals surface area (Å²) in [6, 6.07) is 10.9. The van der Waals surface area contributed by atoms with Gasteiger partial charge in [0.25, 0.3) is 0 Å². The Morgan fingerprint density at radius 1 is 1.10 bits per heavy atom. The molecular formula is C15H16BrF2NOS. The third-order valence-electron chi connectivity index (χ3n) is 3.12. The van der Waals surface area contributed by atoms with E-state index in [1.165, 1.54) is 4.88 Å². The van der Waals surface area contributed by atoms with Crippen LogP contribution >= 0.6 is 27.3 Å². The van der Waals surface area contributed by atoms with E-state index in [0.29, 0.717) is 0 Å². The highest BCUT2D eigenvalue weighted by atomic mass is 79.9. The van der Waals surface area contributed by atoms with Gasteiger partial charge in [-0.15, -0.1) is 11.3 Å². The largest absolute Gasteiger partial charge is 0.434 e. The summed E-state index contributed by atoms with van der Waals surface area (Å²) in [5.74, 6) is 0.215. The van der Waals surface area contributed by atoms with Crippen molar-refractivity contribution in [1.29, 1.82) is 0 Å². The second kappa shape index (κ2) is 7.33. The SMILES string of the molecule is CC(NC(C)c1ccccc1OC(F)F)c1ccc(Br)s1. The average Bonchev–Trinajstić information content (AvgIpc) is 2.85. The van der Waals surface area contributed by atoms with Gasteiger partial charge in [-0.05, 0) is 48.0 Å². The van der Waals surface area contributed by atoms with E-state index in [4.69, 9.17) is 0 Å². The van der Waals surface area contributed by atoms with Crippen molar-refractivity contribution < 1.29 is 13.5 Å². The van der Waals surface area contributed by atoms with Crippen LogP contribution in [0.15, 0.2) is 40.2 Å². The van der Waals surface area contributed by atoms with Crippen molar-refractivity contribution in [3.63, 3.8) is 0 Å². The van der Waals surface area contributed by atoms with E-state index in [0.717, 1.165) is 9.35 Å². The van der Waals surface area contributed by atoms with Crippen molar-refractivity contribution in [3.05, 3.63) is 50.6 Å². The van der Waals surface area contributed by atoms with Crippen molar-refractivity contribution in [2.45, 2.75) is 32.5 Å². The van der Waals surface area contributed by atoms with Crippen LogP contribution in [0.5, 0.6) is 5.75 Å². The number of hydrogen-bond donors (Lipinski definition) is 1. The Balaban J connectivity index is 2.11. The average molecular weight is 376 g/mol. The molecule has 0 aliphatic rings. The van der Waals surface area contributed by atoms with Crippen molar-refractivity contribution >= 4 is 27.3 Å². The first-order valence-electron chi connectivity index (χ1n) is 6.52. The van der Waals surface area contributed by atoms with Gasteiger partial charge < -0.3 is 10.1 Å². The van der Waals surface area contributed by atoms with Gasteiger partial charge in [0.1, 0.15) is 5.75 Å². The van der Waals surface area contributed by atoms with Crippen LogP contribution in [0.2, 0.25) is 0 Å². The lowest BCUT2D eigenvalue weighted by Crippen LogP contribution is -2.22. The van der Waals surface area contributed by atoms with Gasteiger partial charge in [0.05, 0.1) is 3.79 Å². The predicted octanol–water partition coefficient (Wildman–Crippen LogP) is 5.52. The number of nitrogens with one attached hydrogen (secondary N) is 1. The van der Waals surface area contributed by atoms with Crippen molar-refractivity contribution in [3.8, 4) is 5.75 Å². The van der Waals surface area contributed by atoms with Crippen LogP contribution in [0.4, 0.5) is 8.78 Å². The Morgan fingerprint density at radius 2 is 1.81 bits per heavy atom. The fourth-order valence-corrected chi connectivity index (χ4v) is 3.58. The van der Waals surface area contributed by atoms with Gasteiger partial charge in [-0.25, -0.2) is 0 Å². The smallest absolute Gasteiger partial charge is 0.387 e. The molecule has 0 saturated heterocycles. The zero-order chi connectivity index (χ0) is 15.4. The summed E-state index contributed by atoms with van der Waals surface area (Å²) in [5.41, 5.74) is 0.722. The molecule has 1 aromatic carbocycles. The summed E-state index contributed by atoms with van der Waals surface area (Å²) in [6.45, 7) is 1.17. The minimum absolute atomic E-state index is 0.101. The Kier molecular flexibility index (Phi) is 5.72. The van der Waals surface area contributed by atoms with E-state index >= 15 is 0 Å². The Hall–Kier alpha value is -0.980. The molecule has 0 bridgehead atoms. The molecule has 0 aliphatic carbocycles. The van der Waals surface area contributed by atoms with Crippen LogP contribution < -0.4 is 10.1 Å². The maximum absolute atomic E-state index is 12.4. The van der Waals surface area contributed by atoms with E-state index in [1.807, 2.05) is 32.0 Å². The first kappa shape index (κ1) is 16.4. The third-order valence-corrected chi connectivity index (χ3v) is 4.93. The lowest BCUT2D eigenvalue weighted by Gasteiger charge is -2.21. The van der Waals surface area contributed by atoms with Crippen LogP contribution in [-0.4, -0.2) is 6.61 Å². The zero-order valence-corrected chi connectivity index (χ0v) is 14.0. The molecule has 0 fully saturated rings. The monoisotopic (exact) mass is 375 g/mol. The molecule has 0 saturated carbocycles. The van der Waals surface area contributed by atoms with Crippen LogP contribution in [0.3, 0.4) is 0 Å². The quantitative estimate of drug-likeness (QED) is 0.717. The summed E-state index contributed by atoms with van der Waals surface area (Å²) in [5, 5.41) is 3.40. The Morgan fingerprint density at radius 3 is 2.43 bits per heavy atom. The van der Waals surface area contributed by atoms with Crippen molar-refractivity contribution in [2.24, 2.45) is 0 Å². The molecule has 0 amide bonds. The third kappa shape index (κ3) is 4.49.